The summed E-state index contributed by atoms with van der Waals surface area (Å²) in [6.07, 6.45) is 2.44. The predicted octanol–water partition coefficient (Wildman–Crippen LogP) is 3.60. The van der Waals surface area contributed by atoms with E-state index in [9.17, 15) is 15.0 Å². The van der Waals surface area contributed by atoms with Gasteiger partial charge in [0.15, 0.2) is 0 Å². The molecule has 2 aliphatic carbocycles. The van der Waals surface area contributed by atoms with Crippen molar-refractivity contribution in [1.82, 2.24) is 5.32 Å². The van der Waals surface area contributed by atoms with Crippen molar-refractivity contribution in [1.29, 1.82) is 0 Å². The van der Waals surface area contributed by atoms with E-state index in [2.05, 4.69) is 43.4 Å². The number of benzene rings is 2. The minimum atomic E-state index is -0.806. The van der Waals surface area contributed by atoms with Crippen LogP contribution in [0.25, 0.3) is 0 Å². The van der Waals surface area contributed by atoms with Crippen LogP contribution in [0.15, 0.2) is 36.4 Å². The Morgan fingerprint density at radius 3 is 2.59 bits per heavy atom. The largest absolute Gasteiger partial charge is 0.488 e. The fourth-order valence-electron chi connectivity index (χ4n) is 5.95. The molecule has 0 radical (unpaired) electrons. The van der Waals surface area contributed by atoms with Gasteiger partial charge in [0.05, 0.1) is 19.3 Å². The van der Waals surface area contributed by atoms with Crippen molar-refractivity contribution >= 4 is 5.97 Å². The fraction of sp³-hybridized carbons (Fsp3) is 0.536. The first-order valence-corrected chi connectivity index (χ1v) is 12.3. The van der Waals surface area contributed by atoms with Crippen molar-refractivity contribution in [3.05, 3.63) is 64.2 Å². The predicted molar refractivity (Wildman–Crippen MR) is 129 cm³/mol. The molecule has 34 heavy (non-hydrogen) atoms. The van der Waals surface area contributed by atoms with Crippen molar-refractivity contribution in [2.45, 2.75) is 70.3 Å². The van der Waals surface area contributed by atoms with E-state index in [0.29, 0.717) is 19.1 Å². The third-order valence-electron chi connectivity index (χ3n) is 7.63. The first kappa shape index (κ1) is 23.3. The third kappa shape index (κ3) is 4.59. The van der Waals surface area contributed by atoms with Gasteiger partial charge in [0.25, 0.3) is 0 Å². The zero-order chi connectivity index (χ0) is 24.0. The number of nitrogens with one attached hydrogen (secondary N) is 1. The molecule has 1 heterocycles. The second kappa shape index (κ2) is 8.99. The van der Waals surface area contributed by atoms with Gasteiger partial charge in [0, 0.05) is 23.6 Å². The molecular formula is C28H35NO5. The first-order valence-electron chi connectivity index (χ1n) is 12.3. The molecule has 1 fully saturated rings. The number of ether oxygens (including phenoxy) is 2. The standard InChI is InChI=1S/C28H35NO5/c1-16-8-9-20(22-23-24(27(31)32)26(23)34-25(16)22)14-33-15-21(30)13-29-28(2,3)12-17-10-18-6-4-5-7-19(18)11-17/h4-9,17,21,23-24,26,29-30H,10-15H2,1-3H3,(H,31,32)/t21-,23-,24-,26?/m1/s1. The van der Waals surface area contributed by atoms with Gasteiger partial charge in [0.2, 0.25) is 0 Å². The number of hydrogen-bond donors (Lipinski definition) is 3. The zero-order valence-electron chi connectivity index (χ0n) is 20.2. The summed E-state index contributed by atoms with van der Waals surface area (Å²) in [5, 5.41) is 23.4. The van der Waals surface area contributed by atoms with E-state index >= 15 is 0 Å². The highest BCUT2D eigenvalue weighted by molar-refractivity contribution is 5.79. The summed E-state index contributed by atoms with van der Waals surface area (Å²) < 4.78 is 11.8. The number of aliphatic hydroxyl groups excluding tert-OH is 1. The molecule has 0 amide bonds. The lowest BCUT2D eigenvalue weighted by Gasteiger charge is -2.30. The van der Waals surface area contributed by atoms with Crippen LogP contribution in [0.5, 0.6) is 5.75 Å². The maximum Gasteiger partial charge on any atom is 0.311 e. The van der Waals surface area contributed by atoms with E-state index in [1.54, 1.807) is 0 Å². The van der Waals surface area contributed by atoms with Crippen molar-refractivity contribution in [3.63, 3.8) is 0 Å². The number of rotatable bonds is 10. The minimum absolute atomic E-state index is 0.0738. The van der Waals surface area contributed by atoms with E-state index in [1.807, 2.05) is 19.1 Å². The minimum Gasteiger partial charge on any atom is -0.488 e. The van der Waals surface area contributed by atoms with Crippen LogP contribution in [-0.4, -0.2) is 47.1 Å². The number of aliphatic carboxylic acids is 1. The van der Waals surface area contributed by atoms with Gasteiger partial charge in [-0.05, 0) is 68.2 Å². The summed E-state index contributed by atoms with van der Waals surface area (Å²) in [7, 11) is 0. The second-order valence-electron chi connectivity index (χ2n) is 10.9. The fourth-order valence-corrected chi connectivity index (χ4v) is 5.95. The van der Waals surface area contributed by atoms with Crippen molar-refractivity contribution in [2.75, 3.05) is 13.2 Å². The quantitative estimate of drug-likeness (QED) is 0.497. The molecule has 4 atom stereocenters. The maximum atomic E-state index is 11.5. The van der Waals surface area contributed by atoms with Gasteiger partial charge in [-0.1, -0.05) is 36.4 Å². The van der Waals surface area contributed by atoms with Crippen molar-refractivity contribution < 1.29 is 24.5 Å². The average Bonchev–Trinajstić information content (AvgIpc) is 3.13. The SMILES string of the molecule is Cc1ccc(COC[C@H](O)CNC(C)(C)CC2Cc3ccccc3C2)c2c1OC1[C@H](C(=O)O)[C@@H]21. The monoisotopic (exact) mass is 465 g/mol. The number of carboxylic acids is 1. The first-order chi connectivity index (χ1) is 16.2. The molecule has 1 saturated carbocycles. The Morgan fingerprint density at radius 1 is 1.21 bits per heavy atom. The Hall–Kier alpha value is -2.41. The molecule has 2 aromatic carbocycles. The summed E-state index contributed by atoms with van der Waals surface area (Å²) >= 11 is 0. The molecule has 0 aromatic heterocycles. The summed E-state index contributed by atoms with van der Waals surface area (Å²) in [5.74, 6) is 0.0871. The molecular weight excluding hydrogens is 430 g/mol. The summed E-state index contributed by atoms with van der Waals surface area (Å²) in [4.78, 5) is 11.5. The lowest BCUT2D eigenvalue weighted by molar-refractivity contribution is -0.139. The molecule has 0 saturated heterocycles. The highest BCUT2D eigenvalue weighted by Crippen LogP contribution is 2.60. The number of fused-ring (bicyclic) bond motifs is 4. The van der Waals surface area contributed by atoms with Crippen LogP contribution in [0.3, 0.4) is 0 Å². The molecule has 1 aliphatic heterocycles. The molecule has 1 unspecified atom stereocenters. The molecule has 5 rings (SSSR count). The number of carbonyl (C=O) groups is 1. The van der Waals surface area contributed by atoms with Gasteiger partial charge < -0.3 is 25.0 Å². The van der Waals surface area contributed by atoms with Crippen LogP contribution >= 0.6 is 0 Å². The number of carboxylic acid groups (broad SMARTS) is 1. The Morgan fingerprint density at radius 2 is 1.91 bits per heavy atom. The van der Waals surface area contributed by atoms with Gasteiger partial charge in [-0.25, -0.2) is 0 Å². The van der Waals surface area contributed by atoms with E-state index in [1.165, 1.54) is 11.1 Å². The Balaban J connectivity index is 1.09. The van der Waals surface area contributed by atoms with E-state index in [4.69, 9.17) is 9.47 Å². The second-order valence-corrected chi connectivity index (χ2v) is 10.9. The Kier molecular flexibility index (Phi) is 6.17. The number of aliphatic hydroxyl groups is 1. The van der Waals surface area contributed by atoms with Gasteiger partial charge in [-0.15, -0.1) is 0 Å². The maximum absolute atomic E-state index is 11.5. The van der Waals surface area contributed by atoms with Gasteiger partial charge in [-0.2, -0.15) is 0 Å². The molecule has 3 aliphatic rings. The summed E-state index contributed by atoms with van der Waals surface area (Å²) in [6, 6.07) is 12.7. The normalized spacial score (nSPS) is 23.7. The van der Waals surface area contributed by atoms with E-state index in [0.717, 1.165) is 41.7 Å². The Bertz CT molecular complexity index is 1060. The van der Waals surface area contributed by atoms with Gasteiger partial charge in [-0.3, -0.25) is 4.79 Å². The van der Waals surface area contributed by atoms with Gasteiger partial charge >= 0.3 is 5.97 Å². The molecule has 6 heteroatoms. The zero-order valence-corrected chi connectivity index (χ0v) is 20.2. The van der Waals surface area contributed by atoms with Crippen LogP contribution in [0.4, 0.5) is 0 Å². The van der Waals surface area contributed by atoms with Crippen LogP contribution in [-0.2, 0) is 29.0 Å². The Labute approximate surface area is 201 Å². The number of β-amino-alcohol motifs (C(OH)–C–C–N with tert-alkyl or cyclic N) is 1. The smallest absolute Gasteiger partial charge is 0.311 e. The van der Waals surface area contributed by atoms with E-state index in [-0.39, 0.29) is 24.2 Å². The topological polar surface area (TPSA) is 88.0 Å². The molecule has 3 N–H and O–H groups in total. The van der Waals surface area contributed by atoms with Crippen LogP contribution in [0.1, 0.15) is 54.0 Å². The number of aryl methyl sites for hydroxylation is 1. The summed E-state index contributed by atoms with van der Waals surface area (Å²) in [5.41, 5.74) is 5.82. The molecule has 6 nitrogen and oxygen atoms in total. The molecule has 0 spiro atoms. The van der Waals surface area contributed by atoms with Crippen LogP contribution < -0.4 is 10.1 Å². The summed E-state index contributed by atoms with van der Waals surface area (Å²) in [6.45, 7) is 7.40. The highest BCUT2D eigenvalue weighted by Gasteiger charge is 2.63. The van der Waals surface area contributed by atoms with E-state index < -0.39 is 18.0 Å². The van der Waals surface area contributed by atoms with Crippen LogP contribution in [0, 0.1) is 18.8 Å². The lowest BCUT2D eigenvalue weighted by atomic mass is 9.88. The third-order valence-corrected chi connectivity index (χ3v) is 7.63. The molecule has 0 bridgehead atoms. The molecule has 2 aromatic rings. The average molecular weight is 466 g/mol. The van der Waals surface area contributed by atoms with Crippen molar-refractivity contribution in [2.24, 2.45) is 11.8 Å². The highest BCUT2D eigenvalue weighted by atomic mass is 16.5. The molecule has 182 valence electrons. The number of hydrogen-bond acceptors (Lipinski definition) is 5. The van der Waals surface area contributed by atoms with Crippen molar-refractivity contribution in [3.8, 4) is 5.75 Å². The van der Waals surface area contributed by atoms with Crippen LogP contribution in [0.2, 0.25) is 0 Å². The van der Waals surface area contributed by atoms with Gasteiger partial charge in [0.1, 0.15) is 17.8 Å². The lowest BCUT2D eigenvalue weighted by Crippen LogP contribution is -2.45.